The Bertz CT molecular complexity index is 784. The van der Waals surface area contributed by atoms with E-state index in [0.29, 0.717) is 29.7 Å². The SMILES string of the molecule is COc1c2cc(c(O)c1OC)CCCC[C@@H](O)CCc1ccc(O)c-2c1. The fourth-order valence-corrected chi connectivity index (χ4v) is 3.59. The van der Waals surface area contributed by atoms with Crippen molar-refractivity contribution in [3.05, 3.63) is 35.4 Å². The van der Waals surface area contributed by atoms with Crippen LogP contribution in [0.1, 0.15) is 36.8 Å². The monoisotopic (exact) mass is 358 g/mol. The molecule has 0 amide bonds. The number of benzene rings is 2. The number of rotatable bonds is 2. The first-order chi connectivity index (χ1) is 12.5. The molecule has 0 spiro atoms. The van der Waals surface area contributed by atoms with Crippen LogP contribution in [-0.2, 0) is 12.8 Å². The summed E-state index contributed by atoms with van der Waals surface area (Å²) in [5, 5.41) is 31.2. The number of phenols is 2. The molecule has 0 heterocycles. The van der Waals surface area contributed by atoms with E-state index in [1.165, 1.54) is 14.2 Å². The van der Waals surface area contributed by atoms with Gasteiger partial charge in [0.25, 0.3) is 0 Å². The van der Waals surface area contributed by atoms with E-state index in [9.17, 15) is 15.3 Å². The Balaban J connectivity index is 2.22. The first-order valence-electron chi connectivity index (χ1n) is 9.02. The molecule has 26 heavy (non-hydrogen) atoms. The van der Waals surface area contributed by atoms with Gasteiger partial charge in [0.2, 0.25) is 5.75 Å². The van der Waals surface area contributed by atoms with E-state index < -0.39 is 0 Å². The van der Waals surface area contributed by atoms with E-state index >= 15 is 0 Å². The van der Waals surface area contributed by atoms with Crippen molar-refractivity contribution in [2.45, 2.75) is 44.6 Å². The van der Waals surface area contributed by atoms with Crippen molar-refractivity contribution in [3.8, 4) is 34.1 Å². The van der Waals surface area contributed by atoms with Crippen LogP contribution < -0.4 is 9.47 Å². The van der Waals surface area contributed by atoms with Crippen LogP contribution in [0.15, 0.2) is 24.3 Å². The first kappa shape index (κ1) is 18.4. The molecule has 1 atom stereocenters. The fraction of sp³-hybridized carbons (Fsp3) is 0.429. The van der Waals surface area contributed by atoms with Crippen molar-refractivity contribution in [1.29, 1.82) is 0 Å². The number of ether oxygens (including phenoxy) is 2. The zero-order valence-electron chi connectivity index (χ0n) is 15.3. The summed E-state index contributed by atoms with van der Waals surface area (Å²) in [5.41, 5.74) is 3.10. The second kappa shape index (κ2) is 7.87. The maximum atomic E-state index is 10.6. The topological polar surface area (TPSA) is 79.2 Å². The van der Waals surface area contributed by atoms with E-state index in [0.717, 1.165) is 36.8 Å². The molecule has 0 aliphatic heterocycles. The normalized spacial score (nSPS) is 17.6. The van der Waals surface area contributed by atoms with Crippen LogP contribution in [0.4, 0.5) is 0 Å². The van der Waals surface area contributed by atoms with Gasteiger partial charge in [-0.3, -0.25) is 0 Å². The molecule has 3 N–H and O–H groups in total. The highest BCUT2D eigenvalue weighted by atomic mass is 16.5. The fourth-order valence-electron chi connectivity index (χ4n) is 3.59. The van der Waals surface area contributed by atoms with Gasteiger partial charge in [0.1, 0.15) is 5.75 Å². The van der Waals surface area contributed by atoms with Gasteiger partial charge in [0, 0.05) is 11.1 Å². The maximum absolute atomic E-state index is 10.6. The molecule has 3 rings (SSSR count). The van der Waals surface area contributed by atoms with E-state index in [-0.39, 0.29) is 23.4 Å². The smallest absolute Gasteiger partial charge is 0.203 e. The second-order valence-electron chi connectivity index (χ2n) is 6.79. The third-order valence-electron chi connectivity index (χ3n) is 5.05. The van der Waals surface area contributed by atoms with E-state index in [1.807, 2.05) is 18.2 Å². The third kappa shape index (κ3) is 3.58. The highest BCUT2D eigenvalue weighted by Gasteiger charge is 2.22. The predicted octanol–water partition coefficient (Wildman–Crippen LogP) is 3.80. The van der Waals surface area contributed by atoms with Crippen molar-refractivity contribution in [2.24, 2.45) is 0 Å². The van der Waals surface area contributed by atoms with Gasteiger partial charge in [-0.05, 0) is 61.4 Å². The number of aliphatic hydroxyl groups is 1. The Labute approximate surface area is 153 Å². The number of aliphatic hydroxyl groups excluding tert-OH is 1. The molecule has 0 unspecified atom stereocenters. The van der Waals surface area contributed by atoms with Gasteiger partial charge in [-0.15, -0.1) is 0 Å². The van der Waals surface area contributed by atoms with Crippen molar-refractivity contribution in [2.75, 3.05) is 14.2 Å². The molecule has 140 valence electrons. The number of aryl methyl sites for hydroxylation is 2. The second-order valence-corrected chi connectivity index (χ2v) is 6.79. The summed E-state index contributed by atoms with van der Waals surface area (Å²) in [6.45, 7) is 0. The Morgan fingerprint density at radius 1 is 0.885 bits per heavy atom. The molecule has 1 aliphatic carbocycles. The van der Waals surface area contributed by atoms with Crippen LogP contribution in [0, 0.1) is 0 Å². The van der Waals surface area contributed by atoms with Crippen molar-refractivity contribution in [3.63, 3.8) is 0 Å². The first-order valence-corrected chi connectivity index (χ1v) is 9.02. The van der Waals surface area contributed by atoms with Crippen molar-refractivity contribution < 1.29 is 24.8 Å². The van der Waals surface area contributed by atoms with Crippen LogP contribution in [0.3, 0.4) is 0 Å². The van der Waals surface area contributed by atoms with Crippen LogP contribution in [0.25, 0.3) is 11.1 Å². The zero-order valence-corrected chi connectivity index (χ0v) is 15.3. The van der Waals surface area contributed by atoms with Crippen LogP contribution in [0.5, 0.6) is 23.0 Å². The number of methoxy groups -OCH3 is 2. The zero-order chi connectivity index (χ0) is 18.7. The lowest BCUT2D eigenvalue weighted by atomic mass is 9.95. The minimum atomic E-state index is -0.339. The molecule has 2 aromatic carbocycles. The van der Waals surface area contributed by atoms with Crippen LogP contribution >= 0.6 is 0 Å². The molecular weight excluding hydrogens is 332 g/mol. The van der Waals surface area contributed by atoms with Gasteiger partial charge < -0.3 is 24.8 Å². The molecular formula is C21H26O5. The van der Waals surface area contributed by atoms with Gasteiger partial charge in [0.15, 0.2) is 11.5 Å². The van der Waals surface area contributed by atoms with Gasteiger partial charge in [-0.1, -0.05) is 12.5 Å². The summed E-state index contributed by atoms with van der Waals surface area (Å²) >= 11 is 0. The number of hydrogen-bond acceptors (Lipinski definition) is 5. The Morgan fingerprint density at radius 2 is 1.65 bits per heavy atom. The summed E-state index contributed by atoms with van der Waals surface area (Å²) < 4.78 is 10.9. The number of phenolic OH excluding ortho intramolecular Hbond substituents is 2. The van der Waals surface area contributed by atoms with E-state index in [2.05, 4.69) is 0 Å². The molecule has 4 bridgehead atoms. The van der Waals surface area contributed by atoms with Gasteiger partial charge >= 0.3 is 0 Å². The summed E-state index contributed by atoms with van der Waals surface area (Å²) in [4.78, 5) is 0. The average Bonchev–Trinajstić information content (AvgIpc) is 2.65. The number of fused-ring (bicyclic) bond motifs is 5. The molecule has 0 saturated carbocycles. The van der Waals surface area contributed by atoms with Crippen LogP contribution in [-0.4, -0.2) is 35.6 Å². The molecule has 5 heteroatoms. The van der Waals surface area contributed by atoms with Crippen molar-refractivity contribution in [1.82, 2.24) is 0 Å². The summed E-state index contributed by atoms with van der Waals surface area (Å²) in [7, 11) is 3.01. The molecule has 0 fully saturated rings. The van der Waals surface area contributed by atoms with Gasteiger partial charge in [0.05, 0.1) is 20.3 Å². The highest BCUT2D eigenvalue weighted by molar-refractivity contribution is 5.81. The molecule has 0 saturated heterocycles. The van der Waals surface area contributed by atoms with E-state index in [4.69, 9.17) is 9.47 Å². The standard InChI is InChI=1S/C21H26O5/c1-25-20-17-12-14(19(24)21(20)26-2)5-3-4-6-15(22)9-7-13-8-10-18(23)16(17)11-13/h8,10-12,15,22-24H,3-7,9H2,1-2H3/t15-/m1/s1. The number of aromatic hydroxyl groups is 2. The van der Waals surface area contributed by atoms with Gasteiger partial charge in [-0.2, -0.15) is 0 Å². The molecule has 1 aliphatic rings. The summed E-state index contributed by atoms with van der Waals surface area (Å²) in [5.74, 6) is 0.885. The largest absolute Gasteiger partial charge is 0.507 e. The molecule has 0 aromatic heterocycles. The molecule has 2 aromatic rings. The van der Waals surface area contributed by atoms with Gasteiger partial charge in [-0.25, -0.2) is 0 Å². The lowest BCUT2D eigenvalue weighted by molar-refractivity contribution is 0.151. The Morgan fingerprint density at radius 3 is 2.38 bits per heavy atom. The third-order valence-corrected chi connectivity index (χ3v) is 5.05. The minimum Gasteiger partial charge on any atom is -0.507 e. The Hall–Kier alpha value is -2.40. The van der Waals surface area contributed by atoms with Crippen molar-refractivity contribution >= 4 is 0 Å². The predicted molar refractivity (Wildman–Crippen MR) is 100 cm³/mol. The van der Waals surface area contributed by atoms with E-state index in [1.54, 1.807) is 6.07 Å². The summed E-state index contributed by atoms with van der Waals surface area (Å²) in [6.07, 6.45) is 4.22. The lowest BCUT2D eigenvalue weighted by Gasteiger charge is -2.18. The minimum absolute atomic E-state index is 0.0687. The molecule has 5 nitrogen and oxygen atoms in total. The quantitative estimate of drug-likeness (QED) is 0.761. The Kier molecular flexibility index (Phi) is 5.57. The highest BCUT2D eigenvalue weighted by Crippen LogP contribution is 2.48. The maximum Gasteiger partial charge on any atom is 0.203 e. The number of hydrogen-bond donors (Lipinski definition) is 3. The molecule has 0 radical (unpaired) electrons. The average molecular weight is 358 g/mol. The lowest BCUT2D eigenvalue weighted by Crippen LogP contribution is -2.08. The van der Waals surface area contributed by atoms with Crippen LogP contribution in [0.2, 0.25) is 0 Å². The summed E-state index contributed by atoms with van der Waals surface area (Å²) in [6, 6.07) is 7.31.